The molecule has 0 radical (unpaired) electrons. The third kappa shape index (κ3) is 2.66. The fourth-order valence-electron chi connectivity index (χ4n) is 1.37. The largest absolute Gasteiger partial charge is 0.492 e. The lowest BCUT2D eigenvalue weighted by Gasteiger charge is -2.02. The first-order valence-electron chi connectivity index (χ1n) is 4.96. The van der Waals surface area contributed by atoms with Gasteiger partial charge in [0.25, 0.3) is 10.4 Å². The first kappa shape index (κ1) is 14.4. The van der Waals surface area contributed by atoms with Crippen molar-refractivity contribution in [3.8, 4) is 5.82 Å². The molecular weight excluding hydrogens is 356 g/mol. The van der Waals surface area contributed by atoms with Crippen LogP contribution in [0.3, 0.4) is 0 Å². The number of pyridine rings is 1. The zero-order chi connectivity index (χ0) is 15.7. The monoisotopic (exact) mass is 358 g/mol. The fourth-order valence-corrected chi connectivity index (χ4v) is 1.77. The molecule has 21 heavy (non-hydrogen) atoms. The van der Waals surface area contributed by atoms with Gasteiger partial charge in [-0.05, 0) is 9.91 Å². The Morgan fingerprint density at radius 2 is 2.00 bits per heavy atom. The van der Waals surface area contributed by atoms with Crippen LogP contribution >= 0.6 is 15.9 Å². The second-order valence-corrected chi connectivity index (χ2v) is 4.19. The SMILES string of the molecule is O=C(O)c1cc([N+](=O)[O-])cnc1-n1nc([N+](=O)[O-])nc1Br. The van der Waals surface area contributed by atoms with Crippen LogP contribution in [0, 0.1) is 20.2 Å². The molecule has 0 aliphatic carbocycles. The second-order valence-electron chi connectivity index (χ2n) is 3.48. The molecule has 0 atom stereocenters. The van der Waals surface area contributed by atoms with Crippen LogP contribution < -0.4 is 0 Å². The number of halogens is 1. The maximum absolute atomic E-state index is 11.1. The van der Waals surface area contributed by atoms with Gasteiger partial charge in [0.15, 0.2) is 5.82 Å². The van der Waals surface area contributed by atoms with Gasteiger partial charge in [-0.15, -0.1) is 4.68 Å². The van der Waals surface area contributed by atoms with Gasteiger partial charge in [-0.1, -0.05) is 0 Å². The highest BCUT2D eigenvalue weighted by Gasteiger charge is 2.27. The number of carbonyl (C=O) groups is 1. The first-order valence-corrected chi connectivity index (χ1v) is 5.75. The Kier molecular flexibility index (Phi) is 3.58. The number of nitrogens with zero attached hydrogens (tertiary/aromatic N) is 6. The second kappa shape index (κ2) is 5.20. The lowest BCUT2D eigenvalue weighted by molar-refractivity contribution is -0.394. The van der Waals surface area contributed by atoms with Crippen LogP contribution in [-0.4, -0.2) is 40.7 Å². The van der Waals surface area contributed by atoms with Gasteiger partial charge in [0.1, 0.15) is 11.8 Å². The first-order chi connectivity index (χ1) is 9.81. The van der Waals surface area contributed by atoms with Crippen LogP contribution in [0.15, 0.2) is 17.0 Å². The van der Waals surface area contributed by atoms with Crippen molar-refractivity contribution in [2.24, 2.45) is 0 Å². The Labute approximate surface area is 122 Å². The van der Waals surface area contributed by atoms with Gasteiger partial charge in [-0.2, -0.15) is 0 Å². The van der Waals surface area contributed by atoms with Crippen molar-refractivity contribution in [3.05, 3.63) is 42.8 Å². The highest BCUT2D eigenvalue weighted by molar-refractivity contribution is 9.10. The van der Waals surface area contributed by atoms with Crippen LogP contribution in [0.25, 0.3) is 5.82 Å². The number of carboxylic acid groups (broad SMARTS) is 1. The normalized spacial score (nSPS) is 10.3. The standard InChI is InChI=1S/C8H3BrN6O6/c9-7-11-8(15(20)21)12-13(7)5-4(6(16)17)1-3(2-10-5)14(18)19/h1-2H,(H,16,17). The predicted molar refractivity (Wildman–Crippen MR) is 67.1 cm³/mol. The Bertz CT molecular complexity index is 773. The molecule has 0 spiro atoms. The third-order valence-corrected chi connectivity index (χ3v) is 2.73. The molecule has 0 saturated heterocycles. The lowest BCUT2D eigenvalue weighted by Crippen LogP contribution is -2.10. The summed E-state index contributed by atoms with van der Waals surface area (Å²) in [5.41, 5.74) is -1.09. The summed E-state index contributed by atoms with van der Waals surface area (Å²) in [6.07, 6.45) is 0.807. The summed E-state index contributed by atoms with van der Waals surface area (Å²) >= 11 is 2.87. The smallest absolute Gasteiger partial charge is 0.478 e. The van der Waals surface area contributed by atoms with Gasteiger partial charge < -0.3 is 15.2 Å². The number of hydrogen-bond donors (Lipinski definition) is 1. The quantitative estimate of drug-likeness (QED) is 0.617. The van der Waals surface area contributed by atoms with Crippen LogP contribution in [-0.2, 0) is 0 Å². The number of nitro groups is 2. The molecule has 0 unspecified atom stereocenters. The molecule has 0 aromatic carbocycles. The van der Waals surface area contributed by atoms with E-state index in [-0.39, 0.29) is 10.6 Å². The molecule has 2 rings (SSSR count). The summed E-state index contributed by atoms with van der Waals surface area (Å²) in [6.45, 7) is 0. The zero-order valence-electron chi connectivity index (χ0n) is 9.70. The van der Waals surface area contributed by atoms with Gasteiger partial charge in [0.2, 0.25) is 0 Å². The number of rotatable bonds is 4. The summed E-state index contributed by atoms with van der Waals surface area (Å²) in [4.78, 5) is 37.7. The fraction of sp³-hybridized carbons (Fsp3) is 0. The average molecular weight is 359 g/mol. The molecule has 0 bridgehead atoms. The van der Waals surface area contributed by atoms with Gasteiger partial charge >= 0.3 is 11.9 Å². The highest BCUT2D eigenvalue weighted by Crippen LogP contribution is 2.22. The molecule has 12 nitrogen and oxygen atoms in total. The molecule has 0 aliphatic heterocycles. The minimum absolute atomic E-state index is 0.168. The summed E-state index contributed by atoms with van der Waals surface area (Å²) in [5, 5.41) is 33.7. The van der Waals surface area contributed by atoms with Crippen molar-refractivity contribution in [1.29, 1.82) is 0 Å². The summed E-state index contributed by atoms with van der Waals surface area (Å²) in [6, 6.07) is 0.768. The molecule has 2 aromatic rings. The molecule has 2 heterocycles. The molecule has 0 saturated carbocycles. The van der Waals surface area contributed by atoms with Gasteiger partial charge in [-0.25, -0.2) is 9.78 Å². The predicted octanol–water partition coefficient (Wildman–Crippen LogP) is 0.939. The van der Waals surface area contributed by atoms with Gasteiger partial charge in [0.05, 0.1) is 4.92 Å². The molecule has 0 aliphatic rings. The maximum Gasteiger partial charge on any atom is 0.492 e. The van der Waals surface area contributed by atoms with E-state index in [0.717, 1.165) is 16.9 Å². The summed E-state index contributed by atoms with van der Waals surface area (Å²) in [5.74, 6) is -2.63. The number of hydrogen-bond acceptors (Lipinski definition) is 8. The summed E-state index contributed by atoms with van der Waals surface area (Å²) in [7, 11) is 0. The van der Waals surface area contributed by atoms with E-state index in [1.54, 1.807) is 0 Å². The molecule has 13 heteroatoms. The number of aromatic carboxylic acids is 1. The Morgan fingerprint density at radius 3 is 2.48 bits per heavy atom. The van der Waals surface area contributed by atoms with Crippen molar-refractivity contribution in [2.45, 2.75) is 0 Å². The Hall–Kier alpha value is -2.96. The van der Waals surface area contributed by atoms with Gasteiger partial charge in [0, 0.05) is 27.1 Å². The Balaban J connectivity index is 2.66. The van der Waals surface area contributed by atoms with E-state index in [4.69, 9.17) is 5.11 Å². The van der Waals surface area contributed by atoms with Crippen LogP contribution in [0.5, 0.6) is 0 Å². The van der Waals surface area contributed by atoms with E-state index in [2.05, 4.69) is 31.0 Å². The maximum atomic E-state index is 11.1. The zero-order valence-corrected chi connectivity index (χ0v) is 11.3. The minimum atomic E-state index is -1.51. The number of aromatic nitrogens is 4. The van der Waals surface area contributed by atoms with E-state index in [9.17, 15) is 25.0 Å². The van der Waals surface area contributed by atoms with E-state index in [0.29, 0.717) is 0 Å². The Morgan fingerprint density at radius 1 is 1.33 bits per heavy atom. The highest BCUT2D eigenvalue weighted by atomic mass is 79.9. The van der Waals surface area contributed by atoms with Crippen LogP contribution in [0.1, 0.15) is 10.4 Å². The molecule has 1 N–H and O–H groups in total. The van der Waals surface area contributed by atoms with Crippen molar-refractivity contribution >= 4 is 33.5 Å². The minimum Gasteiger partial charge on any atom is -0.478 e. The van der Waals surface area contributed by atoms with Gasteiger partial charge in [-0.3, -0.25) is 10.1 Å². The van der Waals surface area contributed by atoms with Crippen molar-refractivity contribution in [2.75, 3.05) is 0 Å². The average Bonchev–Trinajstić information content (AvgIpc) is 2.80. The van der Waals surface area contributed by atoms with Crippen LogP contribution in [0.2, 0.25) is 0 Å². The van der Waals surface area contributed by atoms with Crippen molar-refractivity contribution in [3.63, 3.8) is 0 Å². The molecule has 2 aromatic heterocycles. The van der Waals surface area contributed by atoms with Crippen LogP contribution in [0.4, 0.5) is 11.6 Å². The van der Waals surface area contributed by atoms with Crippen molar-refractivity contribution in [1.82, 2.24) is 19.7 Å². The summed E-state index contributed by atoms with van der Waals surface area (Å²) < 4.78 is 0.587. The lowest BCUT2D eigenvalue weighted by atomic mass is 10.2. The van der Waals surface area contributed by atoms with Crippen molar-refractivity contribution < 1.29 is 19.7 Å². The molecule has 0 amide bonds. The van der Waals surface area contributed by atoms with E-state index in [1.807, 2.05) is 0 Å². The topological polar surface area (TPSA) is 167 Å². The molecular formula is C8H3BrN6O6. The van der Waals surface area contributed by atoms with E-state index in [1.165, 1.54) is 0 Å². The third-order valence-electron chi connectivity index (χ3n) is 2.21. The number of carboxylic acids is 1. The van der Waals surface area contributed by atoms with E-state index < -0.39 is 33.0 Å². The molecule has 108 valence electrons. The van der Waals surface area contributed by atoms with E-state index >= 15 is 0 Å². The molecule has 0 fully saturated rings.